The number of thioether (sulfide) groups is 1. The molecule has 4 nitrogen and oxygen atoms in total. The first-order valence-electron chi connectivity index (χ1n) is 6.58. The number of nitrogens with one attached hydrogen (secondary N) is 1. The van der Waals surface area contributed by atoms with Crippen molar-refractivity contribution < 1.29 is 4.42 Å². The highest BCUT2D eigenvalue weighted by Crippen LogP contribution is 2.22. The average Bonchev–Trinajstić information content (AvgIpc) is 3.11. The van der Waals surface area contributed by atoms with Crippen LogP contribution < -0.4 is 5.32 Å². The molecule has 5 heteroatoms. The maximum Gasteiger partial charge on any atom is 0.247 e. The van der Waals surface area contributed by atoms with Gasteiger partial charge >= 0.3 is 0 Å². The van der Waals surface area contributed by atoms with E-state index in [9.17, 15) is 0 Å². The number of rotatable bonds is 5. The Morgan fingerprint density at radius 2 is 2.16 bits per heavy atom. The van der Waals surface area contributed by atoms with Gasteiger partial charge in [-0.15, -0.1) is 10.2 Å². The second-order valence-corrected chi connectivity index (χ2v) is 5.88. The Balaban J connectivity index is 1.53. The van der Waals surface area contributed by atoms with Gasteiger partial charge in [0.1, 0.15) is 0 Å². The minimum atomic E-state index is 0.592. The van der Waals surface area contributed by atoms with Gasteiger partial charge in [-0.25, -0.2) is 0 Å². The molecule has 1 aliphatic heterocycles. The number of benzene rings is 1. The fourth-order valence-corrected chi connectivity index (χ4v) is 3.43. The van der Waals surface area contributed by atoms with Gasteiger partial charge in [-0.1, -0.05) is 18.2 Å². The van der Waals surface area contributed by atoms with Crippen LogP contribution in [0.3, 0.4) is 0 Å². The molecule has 3 rings (SSSR count). The molecular weight excluding hydrogens is 258 g/mol. The molecule has 0 spiro atoms. The summed E-state index contributed by atoms with van der Waals surface area (Å²) in [4.78, 5) is 0. The van der Waals surface area contributed by atoms with Crippen molar-refractivity contribution in [2.24, 2.45) is 5.92 Å². The molecule has 1 unspecified atom stereocenters. The highest BCUT2D eigenvalue weighted by Gasteiger charge is 2.15. The Morgan fingerprint density at radius 3 is 2.95 bits per heavy atom. The highest BCUT2D eigenvalue weighted by molar-refractivity contribution is 7.99. The number of hydrogen-bond acceptors (Lipinski definition) is 5. The van der Waals surface area contributed by atoms with Crippen molar-refractivity contribution in [1.82, 2.24) is 15.5 Å². The lowest BCUT2D eigenvalue weighted by molar-refractivity contribution is 0.451. The van der Waals surface area contributed by atoms with Gasteiger partial charge in [0.2, 0.25) is 11.8 Å². The molecule has 1 aromatic carbocycles. The van der Waals surface area contributed by atoms with Crippen molar-refractivity contribution in [3.8, 4) is 11.5 Å². The van der Waals surface area contributed by atoms with E-state index in [-0.39, 0.29) is 0 Å². The van der Waals surface area contributed by atoms with Gasteiger partial charge in [-0.05, 0) is 42.5 Å². The molecule has 1 aromatic heterocycles. The quantitative estimate of drug-likeness (QED) is 0.909. The molecular formula is C14H17N3OS. The summed E-state index contributed by atoms with van der Waals surface area (Å²) in [6.07, 6.45) is 1.32. The van der Waals surface area contributed by atoms with Crippen molar-refractivity contribution in [3.05, 3.63) is 36.2 Å². The van der Waals surface area contributed by atoms with Gasteiger partial charge in [0, 0.05) is 5.56 Å². The SMILES string of the molecule is c1ccc(-c2nnc(CNCC3CCSC3)o2)cc1. The Kier molecular flexibility index (Phi) is 4.15. The van der Waals surface area contributed by atoms with Crippen LogP contribution >= 0.6 is 11.8 Å². The Morgan fingerprint density at radius 1 is 1.26 bits per heavy atom. The maximum absolute atomic E-state index is 5.64. The van der Waals surface area contributed by atoms with Crippen molar-refractivity contribution in [2.45, 2.75) is 13.0 Å². The number of nitrogens with zero attached hydrogens (tertiary/aromatic N) is 2. The van der Waals surface area contributed by atoms with Crippen LogP contribution in [0, 0.1) is 5.92 Å². The van der Waals surface area contributed by atoms with Crippen LogP contribution in [0.15, 0.2) is 34.7 Å². The van der Waals surface area contributed by atoms with Crippen LogP contribution in [0.2, 0.25) is 0 Å². The molecule has 100 valence electrons. The van der Waals surface area contributed by atoms with Crippen LogP contribution in [-0.4, -0.2) is 28.2 Å². The maximum atomic E-state index is 5.64. The predicted molar refractivity (Wildman–Crippen MR) is 76.9 cm³/mol. The molecule has 1 N–H and O–H groups in total. The minimum absolute atomic E-state index is 0.592. The van der Waals surface area contributed by atoms with E-state index < -0.39 is 0 Å². The van der Waals surface area contributed by atoms with E-state index in [1.54, 1.807) is 0 Å². The van der Waals surface area contributed by atoms with Crippen LogP contribution in [0.4, 0.5) is 0 Å². The fraction of sp³-hybridized carbons (Fsp3) is 0.429. The zero-order valence-corrected chi connectivity index (χ0v) is 11.5. The second kappa shape index (κ2) is 6.21. The van der Waals surface area contributed by atoms with Crippen LogP contribution in [-0.2, 0) is 6.54 Å². The van der Waals surface area contributed by atoms with Crippen molar-refractivity contribution >= 4 is 11.8 Å². The summed E-state index contributed by atoms with van der Waals surface area (Å²) in [6.45, 7) is 1.69. The number of hydrogen-bond donors (Lipinski definition) is 1. The van der Waals surface area contributed by atoms with Crippen LogP contribution in [0.25, 0.3) is 11.5 Å². The Hall–Kier alpha value is -1.33. The van der Waals surface area contributed by atoms with Gasteiger partial charge in [-0.3, -0.25) is 0 Å². The summed E-state index contributed by atoms with van der Waals surface area (Å²) < 4.78 is 5.64. The van der Waals surface area contributed by atoms with Crippen LogP contribution in [0.1, 0.15) is 12.3 Å². The van der Waals surface area contributed by atoms with E-state index >= 15 is 0 Å². The Labute approximate surface area is 117 Å². The van der Waals surface area contributed by atoms with Gasteiger partial charge in [-0.2, -0.15) is 11.8 Å². The standard InChI is InChI=1S/C14H17N3OS/c1-2-4-12(5-3-1)14-17-16-13(18-14)9-15-8-11-6-7-19-10-11/h1-5,11,15H,6-10H2. The van der Waals surface area contributed by atoms with Crippen LogP contribution in [0.5, 0.6) is 0 Å². The van der Waals surface area contributed by atoms with E-state index in [0.717, 1.165) is 18.0 Å². The third kappa shape index (κ3) is 3.36. The van der Waals surface area contributed by atoms with Crippen molar-refractivity contribution in [1.29, 1.82) is 0 Å². The first-order chi connectivity index (χ1) is 9.42. The van der Waals surface area contributed by atoms with E-state index in [1.807, 2.05) is 42.1 Å². The zero-order chi connectivity index (χ0) is 12.9. The van der Waals surface area contributed by atoms with Crippen molar-refractivity contribution in [3.63, 3.8) is 0 Å². The summed E-state index contributed by atoms with van der Waals surface area (Å²) in [5.74, 6) is 4.61. The largest absolute Gasteiger partial charge is 0.419 e. The lowest BCUT2D eigenvalue weighted by Crippen LogP contribution is -2.22. The molecule has 2 heterocycles. The summed E-state index contributed by atoms with van der Waals surface area (Å²) >= 11 is 2.04. The van der Waals surface area contributed by atoms with Gasteiger partial charge in [0.15, 0.2) is 0 Å². The molecule has 1 aliphatic rings. The first kappa shape index (κ1) is 12.7. The minimum Gasteiger partial charge on any atom is -0.419 e. The molecule has 2 aromatic rings. The van der Waals surface area contributed by atoms with E-state index in [2.05, 4.69) is 15.5 Å². The summed E-state index contributed by atoms with van der Waals surface area (Å²) in [5.41, 5.74) is 0.966. The number of aromatic nitrogens is 2. The topological polar surface area (TPSA) is 51.0 Å². The predicted octanol–water partition coefficient (Wildman–Crippen LogP) is 2.58. The molecule has 1 fully saturated rings. The first-order valence-corrected chi connectivity index (χ1v) is 7.73. The molecule has 0 aliphatic carbocycles. The summed E-state index contributed by atoms with van der Waals surface area (Å²) in [6, 6.07) is 9.85. The third-order valence-electron chi connectivity index (χ3n) is 3.22. The third-order valence-corrected chi connectivity index (χ3v) is 4.45. The van der Waals surface area contributed by atoms with E-state index in [0.29, 0.717) is 18.3 Å². The summed E-state index contributed by atoms with van der Waals surface area (Å²) in [5, 5.41) is 11.5. The molecule has 0 saturated carbocycles. The van der Waals surface area contributed by atoms with Gasteiger partial charge < -0.3 is 9.73 Å². The normalized spacial score (nSPS) is 18.8. The van der Waals surface area contributed by atoms with Crippen molar-refractivity contribution in [2.75, 3.05) is 18.1 Å². The molecule has 0 radical (unpaired) electrons. The van der Waals surface area contributed by atoms with E-state index in [1.165, 1.54) is 17.9 Å². The molecule has 0 amide bonds. The lowest BCUT2D eigenvalue weighted by Gasteiger charge is -2.07. The highest BCUT2D eigenvalue weighted by atomic mass is 32.2. The molecule has 1 atom stereocenters. The second-order valence-electron chi connectivity index (χ2n) is 4.73. The smallest absolute Gasteiger partial charge is 0.247 e. The Bertz CT molecular complexity index is 508. The molecule has 0 bridgehead atoms. The fourth-order valence-electron chi connectivity index (χ4n) is 2.15. The monoisotopic (exact) mass is 275 g/mol. The zero-order valence-electron chi connectivity index (χ0n) is 10.7. The van der Waals surface area contributed by atoms with Gasteiger partial charge in [0.25, 0.3) is 0 Å². The van der Waals surface area contributed by atoms with Gasteiger partial charge in [0.05, 0.1) is 6.54 Å². The lowest BCUT2D eigenvalue weighted by atomic mass is 10.1. The van der Waals surface area contributed by atoms with E-state index in [4.69, 9.17) is 4.42 Å². The summed E-state index contributed by atoms with van der Waals surface area (Å²) in [7, 11) is 0. The molecule has 1 saturated heterocycles. The molecule has 19 heavy (non-hydrogen) atoms. The average molecular weight is 275 g/mol.